The van der Waals surface area contributed by atoms with Gasteiger partial charge in [0.15, 0.2) is 0 Å². The Morgan fingerprint density at radius 3 is 1.68 bits per heavy atom. The Labute approximate surface area is 185 Å². The number of hydrogen-bond donors (Lipinski definition) is 0. The first-order chi connectivity index (χ1) is 10.7. The van der Waals surface area contributed by atoms with Crippen LogP contribution >= 0.6 is 0 Å². The zero-order valence-corrected chi connectivity index (χ0v) is 19.8. The molecule has 0 atom stereocenters. The van der Waals surface area contributed by atoms with E-state index in [1.807, 2.05) is 6.08 Å². The van der Waals surface area contributed by atoms with Crippen LogP contribution in [-0.2, 0) is 26.2 Å². The fraction of sp³-hybridized carbons (Fsp3) is 0.238. The predicted molar refractivity (Wildman–Crippen MR) is 97.4 cm³/mol. The molecule has 2 aromatic carbocycles. The van der Waals surface area contributed by atoms with Gasteiger partial charge in [-0.1, -0.05) is 61.6 Å². The van der Waals surface area contributed by atoms with Gasteiger partial charge in [0, 0.05) is 5.54 Å². The van der Waals surface area contributed by atoms with E-state index in [2.05, 4.69) is 80.7 Å². The summed E-state index contributed by atoms with van der Waals surface area (Å²) in [5, 5.41) is 0. The Morgan fingerprint density at radius 1 is 0.880 bits per heavy atom. The standard InChI is InChI=1S/C15H15Si.C6H7.2ClH.Zr/c1-16(2)15-13-9-5-3-7-11(13)12-8-4-6-10-14(12)15;1-6-4-2-3-5-6;;;/h3-10,15H,1-2H3;4-5H,2H2,1H3;2*1H;/q;-1;;;+3/p-2. The Hall–Kier alpha value is -0.400. The van der Waals surface area contributed by atoms with E-state index in [9.17, 15) is 0 Å². The van der Waals surface area contributed by atoms with Crippen molar-refractivity contribution in [2.75, 3.05) is 0 Å². The van der Waals surface area contributed by atoms with Gasteiger partial charge in [-0.05, 0) is 22.3 Å². The van der Waals surface area contributed by atoms with Crippen molar-refractivity contribution >= 4 is 8.80 Å². The van der Waals surface area contributed by atoms with Gasteiger partial charge in [0.1, 0.15) is 0 Å². The van der Waals surface area contributed by atoms with E-state index < -0.39 is 0 Å². The molecule has 0 fully saturated rings. The Balaban J connectivity index is 0.000000556. The van der Waals surface area contributed by atoms with Crippen LogP contribution in [0.2, 0.25) is 13.1 Å². The van der Waals surface area contributed by atoms with E-state index in [4.69, 9.17) is 0 Å². The van der Waals surface area contributed by atoms with Gasteiger partial charge in [0.05, 0.1) is 8.80 Å². The smallest absolute Gasteiger partial charge is 1.00 e. The molecule has 0 N–H and O–H groups in total. The maximum atomic E-state index is 3.05. The van der Waals surface area contributed by atoms with Crippen molar-refractivity contribution in [1.29, 1.82) is 0 Å². The maximum Gasteiger partial charge on any atom is 3.00 e. The molecule has 0 nitrogen and oxygen atoms in total. The molecule has 0 aromatic heterocycles. The molecule has 4 rings (SSSR count). The van der Waals surface area contributed by atoms with Crippen LogP contribution in [-0.4, -0.2) is 8.80 Å². The second-order valence-corrected chi connectivity index (χ2v) is 8.92. The maximum absolute atomic E-state index is 3.05. The SMILES string of the molecule is CC1=CC[C-]=C1.C[Si](C)C1c2ccccc2-c2ccccc21.[Cl-].[Cl-].[Zr+3]. The number of benzene rings is 2. The molecule has 4 heteroatoms. The summed E-state index contributed by atoms with van der Waals surface area (Å²) in [5.41, 5.74) is 8.01. The molecule has 0 saturated carbocycles. The van der Waals surface area contributed by atoms with Gasteiger partial charge >= 0.3 is 26.2 Å². The van der Waals surface area contributed by atoms with Crippen molar-refractivity contribution in [3.63, 3.8) is 0 Å². The Bertz CT molecular complexity index is 690. The molecule has 0 bridgehead atoms. The summed E-state index contributed by atoms with van der Waals surface area (Å²) >= 11 is 0. The molecule has 2 radical (unpaired) electrons. The Morgan fingerprint density at radius 2 is 1.36 bits per heavy atom. The van der Waals surface area contributed by atoms with Gasteiger partial charge in [-0.15, -0.1) is 13.3 Å². The van der Waals surface area contributed by atoms with Crippen molar-refractivity contribution in [1.82, 2.24) is 0 Å². The molecule has 0 saturated heterocycles. The van der Waals surface area contributed by atoms with Crippen molar-refractivity contribution in [3.05, 3.63) is 83.5 Å². The van der Waals surface area contributed by atoms with E-state index in [0.717, 1.165) is 6.42 Å². The number of fused-ring (bicyclic) bond motifs is 3. The minimum absolute atomic E-state index is 0. The number of halogens is 2. The van der Waals surface area contributed by atoms with Crippen LogP contribution < -0.4 is 24.8 Å². The number of hydrogen-bond acceptors (Lipinski definition) is 0. The van der Waals surface area contributed by atoms with Crippen molar-refractivity contribution in [3.8, 4) is 11.1 Å². The van der Waals surface area contributed by atoms with Crippen LogP contribution in [0.15, 0.2) is 66.3 Å². The molecule has 2 aliphatic rings. The van der Waals surface area contributed by atoms with Gasteiger partial charge in [-0.2, -0.15) is 6.08 Å². The first kappa shape index (κ1) is 24.6. The molecule has 0 aliphatic heterocycles. The van der Waals surface area contributed by atoms with Gasteiger partial charge in [-0.25, -0.2) is 11.6 Å². The molecular weight excluding hydrogens is 442 g/mol. The van der Waals surface area contributed by atoms with Crippen LogP contribution in [0.1, 0.15) is 30.0 Å². The fourth-order valence-electron chi connectivity index (χ4n) is 3.28. The fourth-order valence-corrected chi connectivity index (χ4v) is 5.02. The topological polar surface area (TPSA) is 0 Å². The van der Waals surface area contributed by atoms with Gasteiger partial charge in [-0.3, -0.25) is 6.08 Å². The summed E-state index contributed by atoms with van der Waals surface area (Å²) in [7, 11) is -0.336. The minimum Gasteiger partial charge on any atom is -1.00 e. The van der Waals surface area contributed by atoms with Crippen LogP contribution in [0, 0.1) is 6.08 Å². The molecule has 0 amide bonds. The van der Waals surface area contributed by atoms with E-state index >= 15 is 0 Å². The zero-order chi connectivity index (χ0) is 15.5. The predicted octanol–water partition coefficient (Wildman–Crippen LogP) is -0.206. The normalized spacial score (nSPS) is 13.4. The molecular formula is C21H22Cl2SiZr. The summed E-state index contributed by atoms with van der Waals surface area (Å²) in [6.45, 7) is 6.91. The zero-order valence-electron chi connectivity index (χ0n) is 14.8. The van der Waals surface area contributed by atoms with Crippen LogP contribution in [0.25, 0.3) is 11.1 Å². The van der Waals surface area contributed by atoms with Crippen LogP contribution in [0.3, 0.4) is 0 Å². The molecule has 0 unspecified atom stereocenters. The van der Waals surface area contributed by atoms with Gasteiger partial charge in [0.25, 0.3) is 0 Å². The second-order valence-electron chi connectivity index (χ2n) is 6.19. The third-order valence-corrected chi connectivity index (χ3v) is 6.06. The van der Waals surface area contributed by atoms with Crippen molar-refractivity contribution < 1.29 is 51.0 Å². The summed E-state index contributed by atoms with van der Waals surface area (Å²) in [6, 6.07) is 17.8. The summed E-state index contributed by atoms with van der Waals surface area (Å²) in [4.78, 5) is 0. The van der Waals surface area contributed by atoms with Crippen LogP contribution in [0.5, 0.6) is 0 Å². The first-order valence-corrected chi connectivity index (χ1v) is 10.5. The largest absolute Gasteiger partial charge is 3.00 e. The molecule has 2 aromatic rings. The van der Waals surface area contributed by atoms with E-state index in [-0.39, 0.29) is 59.8 Å². The molecule has 25 heavy (non-hydrogen) atoms. The minimum atomic E-state index is -0.336. The van der Waals surface area contributed by atoms with Crippen LogP contribution in [0.4, 0.5) is 0 Å². The first-order valence-electron chi connectivity index (χ1n) is 7.90. The van der Waals surface area contributed by atoms with E-state index in [0.29, 0.717) is 5.54 Å². The van der Waals surface area contributed by atoms with Crippen molar-refractivity contribution in [2.24, 2.45) is 0 Å². The van der Waals surface area contributed by atoms with E-state index in [1.165, 1.54) is 16.7 Å². The third kappa shape index (κ3) is 5.54. The monoisotopic (exact) mass is 462 g/mol. The van der Waals surface area contributed by atoms with Gasteiger partial charge in [0.2, 0.25) is 0 Å². The van der Waals surface area contributed by atoms with Crippen molar-refractivity contribution in [2.45, 2.75) is 32.0 Å². The quantitative estimate of drug-likeness (QED) is 0.405. The number of rotatable bonds is 1. The average molecular weight is 465 g/mol. The molecule has 2 aliphatic carbocycles. The van der Waals surface area contributed by atoms with E-state index in [1.54, 1.807) is 11.1 Å². The summed E-state index contributed by atoms with van der Waals surface area (Å²) < 4.78 is 0. The Kier molecular flexibility index (Phi) is 11.2. The summed E-state index contributed by atoms with van der Waals surface area (Å²) in [5.74, 6) is 0. The summed E-state index contributed by atoms with van der Waals surface area (Å²) in [6.07, 6.45) is 8.24. The molecule has 0 spiro atoms. The van der Waals surface area contributed by atoms with Gasteiger partial charge < -0.3 is 24.8 Å². The second kappa shape index (κ2) is 11.3. The number of allylic oxidation sites excluding steroid dienone is 4. The molecule has 0 heterocycles. The third-order valence-electron chi connectivity index (χ3n) is 4.28. The average Bonchev–Trinajstić information content (AvgIpc) is 3.12. The molecule has 128 valence electrons.